The summed E-state index contributed by atoms with van der Waals surface area (Å²) in [4.78, 5) is 5.02. The van der Waals surface area contributed by atoms with Gasteiger partial charge < -0.3 is 14.4 Å². The Morgan fingerprint density at radius 1 is 1.15 bits per heavy atom. The molecule has 3 atom stereocenters. The van der Waals surface area contributed by atoms with Crippen molar-refractivity contribution in [1.82, 2.24) is 9.55 Å². The predicted molar refractivity (Wildman–Crippen MR) is 126 cm³/mol. The lowest BCUT2D eigenvalue weighted by Crippen LogP contribution is -2.10. The average molecular weight is 504 g/mol. The SMILES string of the molecule is C[S@](=N)(=O)c1ccc(-c2ccc3nc4n(c3c2)[C@@H](c2cc(Cl)ccc2OC(F)F)C[C@H]4O)cc1. The van der Waals surface area contributed by atoms with E-state index in [-0.39, 0.29) is 12.2 Å². The standard InChI is InChI=1S/C24H20ClF2N3O3S/c1-34(28,32)16-6-2-13(3-7-16)14-4-8-18-20(10-14)30-19(12-21(31)23(30)29-18)17-11-15(25)5-9-22(17)33-24(26)27/h2-11,19,21,24,28,31H,12H2,1H3/t19-,21-,34+/m1/s1. The zero-order chi connectivity index (χ0) is 24.2. The Morgan fingerprint density at radius 3 is 2.53 bits per heavy atom. The average Bonchev–Trinajstić information content (AvgIpc) is 3.31. The third-order valence-corrected chi connectivity index (χ3v) is 7.36. The molecule has 0 fully saturated rings. The largest absolute Gasteiger partial charge is 0.434 e. The van der Waals surface area contributed by atoms with Gasteiger partial charge in [0, 0.05) is 28.2 Å². The van der Waals surface area contributed by atoms with E-state index in [0.717, 1.165) is 16.6 Å². The number of aromatic nitrogens is 2. The number of aliphatic hydroxyl groups excluding tert-OH is 1. The predicted octanol–water partition coefficient (Wildman–Crippen LogP) is 6.02. The minimum Gasteiger partial charge on any atom is -0.434 e. The van der Waals surface area contributed by atoms with Crippen molar-refractivity contribution in [3.8, 4) is 16.9 Å². The number of imidazole rings is 1. The zero-order valence-corrected chi connectivity index (χ0v) is 19.5. The maximum atomic E-state index is 13.0. The molecule has 0 saturated heterocycles. The first kappa shape index (κ1) is 22.8. The Bertz CT molecular complexity index is 1500. The normalized spacial score (nSPS) is 19.4. The number of nitrogens with one attached hydrogen (secondary N) is 1. The third kappa shape index (κ3) is 4.04. The highest BCUT2D eigenvalue weighted by Crippen LogP contribution is 2.45. The summed E-state index contributed by atoms with van der Waals surface area (Å²) in [6.45, 7) is -3.00. The molecule has 0 amide bonds. The molecule has 0 spiro atoms. The van der Waals surface area contributed by atoms with Gasteiger partial charge in [-0.15, -0.1) is 0 Å². The van der Waals surface area contributed by atoms with Crippen LogP contribution in [0.25, 0.3) is 22.2 Å². The zero-order valence-electron chi connectivity index (χ0n) is 17.9. The van der Waals surface area contributed by atoms with Gasteiger partial charge in [0.05, 0.1) is 26.8 Å². The van der Waals surface area contributed by atoms with E-state index in [4.69, 9.17) is 21.1 Å². The van der Waals surface area contributed by atoms with Crippen LogP contribution in [0.5, 0.6) is 5.75 Å². The molecule has 2 N–H and O–H groups in total. The Balaban J connectivity index is 1.63. The van der Waals surface area contributed by atoms with Gasteiger partial charge >= 0.3 is 6.61 Å². The van der Waals surface area contributed by atoms with E-state index in [9.17, 15) is 18.1 Å². The second-order valence-corrected chi connectivity index (χ2v) is 10.8. The maximum absolute atomic E-state index is 13.0. The summed E-state index contributed by atoms with van der Waals surface area (Å²) >= 11 is 6.17. The Morgan fingerprint density at radius 2 is 1.85 bits per heavy atom. The number of halogens is 3. The summed E-state index contributed by atoms with van der Waals surface area (Å²) in [5.74, 6) is 0.437. The summed E-state index contributed by atoms with van der Waals surface area (Å²) < 4.78 is 52.4. The van der Waals surface area contributed by atoms with Crippen LogP contribution < -0.4 is 4.74 Å². The van der Waals surface area contributed by atoms with E-state index in [0.29, 0.717) is 26.8 Å². The monoisotopic (exact) mass is 503 g/mol. The van der Waals surface area contributed by atoms with Crippen LogP contribution in [-0.4, -0.2) is 31.7 Å². The van der Waals surface area contributed by atoms with E-state index in [1.54, 1.807) is 30.3 Å². The van der Waals surface area contributed by atoms with Crippen LogP contribution in [0, 0.1) is 4.78 Å². The van der Waals surface area contributed by atoms with Crippen LogP contribution in [0.1, 0.15) is 30.0 Å². The lowest BCUT2D eigenvalue weighted by molar-refractivity contribution is -0.0507. The second kappa shape index (κ2) is 8.33. The summed E-state index contributed by atoms with van der Waals surface area (Å²) in [7, 11) is -2.81. The molecule has 3 aromatic carbocycles. The first-order valence-electron chi connectivity index (χ1n) is 10.4. The molecule has 6 nitrogen and oxygen atoms in total. The van der Waals surface area contributed by atoms with E-state index in [1.165, 1.54) is 18.4 Å². The van der Waals surface area contributed by atoms with Gasteiger partial charge in [-0.2, -0.15) is 8.78 Å². The Labute approximate surface area is 199 Å². The van der Waals surface area contributed by atoms with Crippen molar-refractivity contribution < 1.29 is 22.8 Å². The van der Waals surface area contributed by atoms with E-state index >= 15 is 0 Å². The van der Waals surface area contributed by atoms with Gasteiger partial charge in [-0.05, 0) is 53.6 Å². The van der Waals surface area contributed by atoms with Gasteiger partial charge in [0.2, 0.25) is 0 Å². The summed E-state index contributed by atoms with van der Waals surface area (Å²) in [6, 6.07) is 16.5. The van der Waals surface area contributed by atoms with Crippen molar-refractivity contribution in [2.24, 2.45) is 0 Å². The summed E-state index contributed by atoms with van der Waals surface area (Å²) in [6.07, 6.45) is 0.732. The van der Waals surface area contributed by atoms with E-state index in [2.05, 4.69) is 4.98 Å². The molecule has 0 bridgehead atoms. The molecule has 5 rings (SSSR count). The lowest BCUT2D eigenvalue weighted by Gasteiger charge is -2.19. The fraction of sp³-hybridized carbons (Fsp3) is 0.208. The highest BCUT2D eigenvalue weighted by Gasteiger charge is 2.36. The van der Waals surface area contributed by atoms with E-state index < -0.39 is 28.5 Å². The fourth-order valence-corrected chi connectivity index (χ4v) is 5.27. The smallest absolute Gasteiger partial charge is 0.387 e. The number of hydrogen-bond donors (Lipinski definition) is 2. The highest BCUT2D eigenvalue weighted by molar-refractivity contribution is 7.91. The molecule has 176 valence electrons. The van der Waals surface area contributed by atoms with Gasteiger partial charge in [0.15, 0.2) is 0 Å². The van der Waals surface area contributed by atoms with Crippen LogP contribution in [0.15, 0.2) is 65.6 Å². The Kier molecular flexibility index (Phi) is 5.58. The molecule has 0 unspecified atom stereocenters. The molecule has 0 saturated carbocycles. The van der Waals surface area contributed by atoms with Crippen molar-refractivity contribution in [3.63, 3.8) is 0 Å². The molecular formula is C24H20ClF2N3O3S. The van der Waals surface area contributed by atoms with Crippen molar-refractivity contribution in [2.45, 2.75) is 30.1 Å². The number of alkyl halides is 2. The van der Waals surface area contributed by atoms with Crippen molar-refractivity contribution in [2.75, 3.05) is 6.26 Å². The number of nitrogens with zero attached hydrogens (tertiary/aromatic N) is 2. The van der Waals surface area contributed by atoms with Gasteiger partial charge in [0.1, 0.15) is 17.7 Å². The quantitative estimate of drug-likeness (QED) is 0.348. The molecule has 1 aliphatic rings. The fourth-order valence-electron chi connectivity index (χ4n) is 4.43. The lowest BCUT2D eigenvalue weighted by atomic mass is 10.0. The summed E-state index contributed by atoms with van der Waals surface area (Å²) in [5.41, 5.74) is 3.52. The number of benzene rings is 3. The van der Waals surface area contributed by atoms with Gasteiger partial charge in [-0.1, -0.05) is 29.8 Å². The second-order valence-electron chi connectivity index (χ2n) is 8.24. The minimum absolute atomic E-state index is 0.00315. The first-order chi connectivity index (χ1) is 16.1. The molecule has 4 aromatic rings. The van der Waals surface area contributed by atoms with Gasteiger partial charge in [-0.3, -0.25) is 0 Å². The van der Waals surface area contributed by atoms with Crippen molar-refractivity contribution in [3.05, 3.63) is 77.1 Å². The minimum atomic E-state index is -3.00. The molecule has 0 aliphatic carbocycles. The van der Waals surface area contributed by atoms with Crippen molar-refractivity contribution in [1.29, 1.82) is 4.78 Å². The molecule has 10 heteroatoms. The topological polar surface area (TPSA) is 88.2 Å². The molecule has 1 aromatic heterocycles. The van der Waals surface area contributed by atoms with Crippen LogP contribution in [0.3, 0.4) is 0 Å². The van der Waals surface area contributed by atoms with Crippen molar-refractivity contribution >= 4 is 32.4 Å². The molecule has 34 heavy (non-hydrogen) atoms. The number of hydrogen-bond acceptors (Lipinski definition) is 5. The third-order valence-electron chi connectivity index (χ3n) is 5.96. The highest BCUT2D eigenvalue weighted by atomic mass is 35.5. The number of rotatable bonds is 5. The molecule has 1 aliphatic heterocycles. The first-order valence-corrected chi connectivity index (χ1v) is 12.7. The van der Waals surface area contributed by atoms with Crippen LogP contribution in [-0.2, 0) is 9.73 Å². The molecule has 0 radical (unpaired) electrons. The van der Waals surface area contributed by atoms with Crippen LogP contribution in [0.2, 0.25) is 5.02 Å². The number of fused-ring (bicyclic) bond motifs is 3. The van der Waals surface area contributed by atoms with Crippen LogP contribution >= 0.6 is 11.6 Å². The molecular weight excluding hydrogens is 484 g/mol. The van der Waals surface area contributed by atoms with Gasteiger partial charge in [0.25, 0.3) is 0 Å². The van der Waals surface area contributed by atoms with E-state index in [1.807, 2.05) is 22.8 Å². The molecule has 2 heterocycles. The number of ether oxygens (including phenoxy) is 1. The number of aliphatic hydroxyl groups is 1. The summed E-state index contributed by atoms with van der Waals surface area (Å²) in [5, 5.41) is 11.1. The van der Waals surface area contributed by atoms with Gasteiger partial charge in [-0.25, -0.2) is 14.0 Å². The van der Waals surface area contributed by atoms with Crippen LogP contribution in [0.4, 0.5) is 8.78 Å². The maximum Gasteiger partial charge on any atom is 0.387 e. The Hall–Kier alpha value is -3.01.